The van der Waals surface area contributed by atoms with Crippen molar-refractivity contribution in [3.63, 3.8) is 0 Å². The fraction of sp³-hybridized carbons (Fsp3) is 0.600. The van der Waals surface area contributed by atoms with E-state index in [4.69, 9.17) is 0 Å². The van der Waals surface area contributed by atoms with E-state index in [-0.39, 0.29) is 5.82 Å². The normalized spacial score (nSPS) is 22.7. The predicted molar refractivity (Wildman–Crippen MR) is 76.4 cm³/mol. The first-order valence-electron chi connectivity index (χ1n) is 6.89. The second-order valence-corrected chi connectivity index (χ2v) is 6.78. The minimum absolute atomic E-state index is 0.104. The zero-order valence-electron chi connectivity index (χ0n) is 10.6. The molecule has 1 aromatic carbocycles. The summed E-state index contributed by atoms with van der Waals surface area (Å²) in [6, 6.07) is 5.38. The van der Waals surface area contributed by atoms with Crippen molar-refractivity contribution in [2.75, 3.05) is 18.0 Å². The van der Waals surface area contributed by atoms with Crippen LogP contribution in [0.2, 0.25) is 0 Å². The minimum atomic E-state index is -0.104. The maximum atomic E-state index is 13.9. The van der Waals surface area contributed by atoms with Crippen LogP contribution in [0.4, 0.5) is 10.1 Å². The van der Waals surface area contributed by atoms with Gasteiger partial charge in [0.1, 0.15) is 5.82 Å². The van der Waals surface area contributed by atoms with Crippen LogP contribution in [0, 0.1) is 11.2 Å². The van der Waals surface area contributed by atoms with E-state index < -0.39 is 0 Å². The molecule has 1 aliphatic carbocycles. The smallest absolute Gasteiger partial charge is 0.147 e. The van der Waals surface area contributed by atoms with Gasteiger partial charge in [0.15, 0.2) is 0 Å². The Kier molecular flexibility index (Phi) is 3.35. The third-order valence-electron chi connectivity index (χ3n) is 4.47. The molecule has 0 aromatic heterocycles. The summed E-state index contributed by atoms with van der Waals surface area (Å²) in [7, 11) is 0. The number of anilines is 1. The van der Waals surface area contributed by atoms with Crippen molar-refractivity contribution < 1.29 is 4.39 Å². The van der Waals surface area contributed by atoms with Crippen molar-refractivity contribution in [2.45, 2.75) is 38.5 Å². The summed E-state index contributed by atoms with van der Waals surface area (Å²) < 4.78 is 14.7. The molecular weight excluding hydrogens is 293 g/mol. The molecule has 1 aromatic rings. The summed E-state index contributed by atoms with van der Waals surface area (Å²) in [5.41, 5.74) is 1.27. The van der Waals surface area contributed by atoms with Crippen molar-refractivity contribution >= 4 is 21.6 Å². The SMILES string of the molecule is Fc1cc(Br)ccc1N1CC2(CCCCCC2)C1. The summed E-state index contributed by atoms with van der Waals surface area (Å²) >= 11 is 3.31. The molecule has 1 aliphatic heterocycles. The van der Waals surface area contributed by atoms with Crippen molar-refractivity contribution in [3.8, 4) is 0 Å². The quantitative estimate of drug-likeness (QED) is 0.723. The predicted octanol–water partition coefficient (Wildman–Crippen LogP) is 4.75. The maximum absolute atomic E-state index is 13.9. The molecule has 1 spiro atoms. The molecule has 0 bridgehead atoms. The number of halogens is 2. The Balaban J connectivity index is 1.70. The van der Waals surface area contributed by atoms with E-state index in [0.717, 1.165) is 23.2 Å². The topological polar surface area (TPSA) is 3.24 Å². The zero-order chi connectivity index (χ0) is 12.6. The molecule has 3 rings (SSSR count). The molecule has 2 aliphatic rings. The van der Waals surface area contributed by atoms with Crippen molar-refractivity contribution in [2.24, 2.45) is 5.41 Å². The lowest BCUT2D eigenvalue weighted by molar-refractivity contribution is 0.179. The molecule has 3 heteroatoms. The Labute approximate surface area is 116 Å². The molecule has 18 heavy (non-hydrogen) atoms. The average Bonchev–Trinajstić information content (AvgIpc) is 2.53. The fourth-order valence-electron chi connectivity index (χ4n) is 3.47. The number of benzene rings is 1. The Morgan fingerprint density at radius 1 is 1.06 bits per heavy atom. The molecule has 0 amide bonds. The largest absolute Gasteiger partial charge is 0.368 e. The van der Waals surface area contributed by atoms with E-state index in [0.29, 0.717) is 5.41 Å². The second kappa shape index (κ2) is 4.84. The molecule has 1 saturated carbocycles. The highest BCUT2D eigenvalue weighted by Gasteiger charge is 2.43. The number of rotatable bonds is 1. The minimum Gasteiger partial charge on any atom is -0.368 e. The molecular formula is C15H19BrFN. The molecule has 0 atom stereocenters. The van der Waals surface area contributed by atoms with Crippen LogP contribution in [-0.2, 0) is 0 Å². The van der Waals surface area contributed by atoms with Crippen LogP contribution in [0.25, 0.3) is 0 Å². The highest BCUT2D eigenvalue weighted by molar-refractivity contribution is 9.10. The summed E-state index contributed by atoms with van der Waals surface area (Å²) in [5, 5.41) is 0. The third kappa shape index (κ3) is 2.29. The van der Waals surface area contributed by atoms with E-state index in [1.807, 2.05) is 12.1 Å². The number of hydrogen-bond acceptors (Lipinski definition) is 1. The van der Waals surface area contributed by atoms with E-state index in [9.17, 15) is 4.39 Å². The first kappa shape index (κ1) is 12.5. The Morgan fingerprint density at radius 2 is 1.72 bits per heavy atom. The molecule has 98 valence electrons. The lowest BCUT2D eigenvalue weighted by Gasteiger charge is -2.51. The molecule has 0 radical (unpaired) electrons. The molecule has 1 nitrogen and oxygen atoms in total. The van der Waals surface area contributed by atoms with Gasteiger partial charge in [0.2, 0.25) is 0 Å². The van der Waals surface area contributed by atoms with Gasteiger partial charge in [-0.15, -0.1) is 0 Å². The van der Waals surface area contributed by atoms with Gasteiger partial charge in [-0.1, -0.05) is 41.6 Å². The van der Waals surface area contributed by atoms with Gasteiger partial charge in [-0.2, -0.15) is 0 Å². The summed E-state index contributed by atoms with van der Waals surface area (Å²) in [6.07, 6.45) is 8.15. The van der Waals surface area contributed by atoms with E-state index in [1.165, 1.54) is 38.5 Å². The number of nitrogens with zero attached hydrogens (tertiary/aromatic N) is 1. The summed E-state index contributed by atoms with van der Waals surface area (Å²) in [5.74, 6) is -0.104. The van der Waals surface area contributed by atoms with Gasteiger partial charge in [-0.25, -0.2) is 4.39 Å². The monoisotopic (exact) mass is 311 g/mol. The van der Waals surface area contributed by atoms with Crippen LogP contribution in [0.5, 0.6) is 0 Å². The van der Waals surface area contributed by atoms with Crippen LogP contribution >= 0.6 is 15.9 Å². The molecule has 2 fully saturated rings. The van der Waals surface area contributed by atoms with Gasteiger partial charge >= 0.3 is 0 Å². The summed E-state index contributed by atoms with van der Waals surface area (Å²) in [6.45, 7) is 2.09. The molecule has 0 unspecified atom stereocenters. The average molecular weight is 312 g/mol. The standard InChI is InChI=1S/C15H19BrFN/c16-12-5-6-14(13(17)9-12)18-10-15(11-18)7-3-1-2-4-8-15/h5-6,9H,1-4,7-8,10-11H2. The van der Waals surface area contributed by atoms with Crippen LogP contribution in [-0.4, -0.2) is 13.1 Å². The van der Waals surface area contributed by atoms with E-state index in [2.05, 4.69) is 20.8 Å². The van der Waals surface area contributed by atoms with Crippen LogP contribution in [0.1, 0.15) is 38.5 Å². The molecule has 0 N–H and O–H groups in total. The van der Waals surface area contributed by atoms with Gasteiger partial charge < -0.3 is 4.90 Å². The fourth-order valence-corrected chi connectivity index (χ4v) is 3.80. The van der Waals surface area contributed by atoms with Crippen LogP contribution < -0.4 is 4.90 Å². The lowest BCUT2D eigenvalue weighted by atomic mass is 9.73. The summed E-state index contributed by atoms with van der Waals surface area (Å²) in [4.78, 5) is 2.20. The maximum Gasteiger partial charge on any atom is 0.147 e. The Hall–Kier alpha value is -0.570. The highest BCUT2D eigenvalue weighted by atomic mass is 79.9. The second-order valence-electron chi connectivity index (χ2n) is 5.87. The van der Waals surface area contributed by atoms with Gasteiger partial charge in [-0.3, -0.25) is 0 Å². The first-order chi connectivity index (χ1) is 8.69. The van der Waals surface area contributed by atoms with Crippen molar-refractivity contribution in [3.05, 3.63) is 28.5 Å². The van der Waals surface area contributed by atoms with Crippen molar-refractivity contribution in [1.82, 2.24) is 0 Å². The molecule has 1 heterocycles. The van der Waals surface area contributed by atoms with Crippen molar-refractivity contribution in [1.29, 1.82) is 0 Å². The van der Waals surface area contributed by atoms with E-state index >= 15 is 0 Å². The number of hydrogen-bond donors (Lipinski definition) is 0. The molecule has 1 saturated heterocycles. The first-order valence-corrected chi connectivity index (χ1v) is 7.68. The van der Waals surface area contributed by atoms with Crippen LogP contribution in [0.3, 0.4) is 0 Å². The van der Waals surface area contributed by atoms with Crippen LogP contribution in [0.15, 0.2) is 22.7 Å². The van der Waals surface area contributed by atoms with Gasteiger partial charge in [0.25, 0.3) is 0 Å². The van der Waals surface area contributed by atoms with E-state index in [1.54, 1.807) is 6.07 Å². The van der Waals surface area contributed by atoms with Gasteiger partial charge in [0, 0.05) is 23.0 Å². The highest BCUT2D eigenvalue weighted by Crippen LogP contribution is 2.45. The van der Waals surface area contributed by atoms with Gasteiger partial charge in [-0.05, 0) is 31.0 Å². The lowest BCUT2D eigenvalue weighted by Crippen LogP contribution is -2.56. The third-order valence-corrected chi connectivity index (χ3v) is 4.96. The zero-order valence-corrected chi connectivity index (χ0v) is 12.2. The Morgan fingerprint density at radius 3 is 2.33 bits per heavy atom. The van der Waals surface area contributed by atoms with Gasteiger partial charge in [0.05, 0.1) is 5.69 Å². The Bertz CT molecular complexity index is 430.